The Bertz CT molecular complexity index is 1540. The summed E-state index contributed by atoms with van der Waals surface area (Å²) in [4.78, 5) is 27.2. The number of amides is 2. The van der Waals surface area contributed by atoms with Crippen molar-refractivity contribution < 1.29 is 43.7 Å². The SMILES string of the molecule is C=CCN(CCCc1ccc(F)[c]([Ti]([C]2=CC=CC2)([C]2=CC=CC2)[c]2c(F)ccc(CCCN(CC=C)C(C)=O)c2F)c1F)C(C)=O. The summed E-state index contributed by atoms with van der Waals surface area (Å²) in [6.45, 7) is 11.7. The van der Waals surface area contributed by atoms with Gasteiger partial charge in [0.05, 0.1) is 0 Å². The van der Waals surface area contributed by atoms with Gasteiger partial charge in [0, 0.05) is 0 Å². The van der Waals surface area contributed by atoms with E-state index in [0.29, 0.717) is 59.6 Å². The summed E-state index contributed by atoms with van der Waals surface area (Å²) >= 11 is -4.95. The zero-order valence-electron chi connectivity index (χ0n) is 27.1. The van der Waals surface area contributed by atoms with Crippen molar-refractivity contribution >= 4 is 19.6 Å². The molecule has 248 valence electrons. The molecule has 2 aliphatic rings. The summed E-state index contributed by atoms with van der Waals surface area (Å²) in [7, 11) is 0. The topological polar surface area (TPSA) is 40.6 Å². The molecule has 2 aromatic rings. The number of allylic oxidation sites excluding steroid dienone is 8. The van der Waals surface area contributed by atoms with Crippen LogP contribution in [0.2, 0.25) is 0 Å². The molecule has 0 radical (unpaired) electrons. The normalized spacial score (nSPS) is 13.8. The molecule has 0 saturated carbocycles. The zero-order chi connectivity index (χ0) is 34.1. The average Bonchev–Trinajstić information content (AvgIpc) is 3.77. The Balaban J connectivity index is 1.86. The molecule has 4 rings (SSSR count). The van der Waals surface area contributed by atoms with Crippen LogP contribution in [0.25, 0.3) is 0 Å². The van der Waals surface area contributed by atoms with Gasteiger partial charge in [-0.15, -0.1) is 0 Å². The molecule has 0 aromatic heterocycles. The van der Waals surface area contributed by atoms with Crippen LogP contribution in [0.5, 0.6) is 0 Å². The fraction of sp³-hybridized carbons (Fsp3) is 0.316. The monoisotopic (exact) mass is 682 g/mol. The van der Waals surface area contributed by atoms with Crippen LogP contribution in [0.1, 0.15) is 50.7 Å². The molecule has 0 heterocycles. The summed E-state index contributed by atoms with van der Waals surface area (Å²) in [6.07, 6.45) is 15.9. The van der Waals surface area contributed by atoms with E-state index in [-0.39, 0.29) is 43.5 Å². The Hall–Kier alpha value is -3.75. The van der Waals surface area contributed by atoms with Crippen molar-refractivity contribution in [2.75, 3.05) is 26.2 Å². The Morgan fingerprint density at radius 2 is 1.13 bits per heavy atom. The second-order valence-corrected chi connectivity index (χ2v) is 17.8. The second kappa shape index (κ2) is 16.4. The van der Waals surface area contributed by atoms with E-state index in [2.05, 4.69) is 13.2 Å². The van der Waals surface area contributed by atoms with Gasteiger partial charge in [0.15, 0.2) is 0 Å². The molecule has 0 N–H and O–H groups in total. The number of aryl methyl sites for hydroxylation is 2. The molecule has 2 aliphatic carbocycles. The van der Waals surface area contributed by atoms with E-state index in [1.54, 1.807) is 46.3 Å². The first kappa shape index (κ1) is 36.1. The molecular weight excluding hydrogens is 640 g/mol. The van der Waals surface area contributed by atoms with Crippen molar-refractivity contribution in [3.8, 4) is 0 Å². The van der Waals surface area contributed by atoms with Gasteiger partial charge in [-0.3, -0.25) is 0 Å². The van der Waals surface area contributed by atoms with Crippen LogP contribution in [0.15, 0.2) is 93.8 Å². The van der Waals surface area contributed by atoms with Gasteiger partial charge < -0.3 is 0 Å². The van der Waals surface area contributed by atoms with E-state index in [4.69, 9.17) is 0 Å². The van der Waals surface area contributed by atoms with Crippen molar-refractivity contribution in [2.45, 2.75) is 52.4 Å². The summed E-state index contributed by atoms with van der Waals surface area (Å²) in [5, 5.41) is 0. The van der Waals surface area contributed by atoms with Crippen molar-refractivity contribution in [2.24, 2.45) is 0 Å². The molecule has 0 unspecified atom stereocenters. The fourth-order valence-electron chi connectivity index (χ4n) is 6.68. The average molecular weight is 683 g/mol. The Morgan fingerprint density at radius 3 is 1.45 bits per heavy atom. The molecule has 9 heteroatoms. The van der Waals surface area contributed by atoms with Crippen molar-refractivity contribution in [1.29, 1.82) is 0 Å². The number of halogens is 4. The fourth-order valence-corrected chi connectivity index (χ4v) is 15.0. The third-order valence-electron chi connectivity index (χ3n) is 8.94. The van der Waals surface area contributed by atoms with Crippen LogP contribution in [0.4, 0.5) is 17.6 Å². The number of hydrogen-bond donors (Lipinski definition) is 0. The van der Waals surface area contributed by atoms with Gasteiger partial charge in [0.2, 0.25) is 0 Å². The van der Waals surface area contributed by atoms with E-state index in [9.17, 15) is 9.59 Å². The van der Waals surface area contributed by atoms with E-state index in [0.717, 1.165) is 0 Å². The maximum absolute atomic E-state index is 17.0. The molecule has 0 spiro atoms. The Labute approximate surface area is 278 Å². The first-order valence-corrected chi connectivity index (χ1v) is 19.1. The summed E-state index contributed by atoms with van der Waals surface area (Å²) < 4.78 is 67.5. The summed E-state index contributed by atoms with van der Waals surface area (Å²) in [5.41, 5.74) is 0.472. The van der Waals surface area contributed by atoms with E-state index < -0.39 is 39.9 Å². The summed E-state index contributed by atoms with van der Waals surface area (Å²) in [5.74, 6) is -3.49. The third-order valence-corrected chi connectivity index (χ3v) is 16.9. The summed E-state index contributed by atoms with van der Waals surface area (Å²) in [6, 6.07) is 5.20. The van der Waals surface area contributed by atoms with E-state index in [1.807, 2.05) is 12.2 Å². The Kier molecular flexibility index (Phi) is 12.6. The van der Waals surface area contributed by atoms with Gasteiger partial charge in [0.1, 0.15) is 0 Å². The van der Waals surface area contributed by atoms with Gasteiger partial charge in [-0.25, -0.2) is 0 Å². The minimum atomic E-state index is -4.95. The molecule has 2 amide bonds. The molecule has 0 atom stereocenters. The van der Waals surface area contributed by atoms with Gasteiger partial charge in [-0.1, -0.05) is 0 Å². The van der Waals surface area contributed by atoms with Crippen molar-refractivity contribution in [3.63, 3.8) is 0 Å². The molecular formula is C38H42F4N2O2Ti. The van der Waals surface area contributed by atoms with Gasteiger partial charge in [-0.05, 0) is 0 Å². The van der Waals surface area contributed by atoms with Gasteiger partial charge in [0.25, 0.3) is 0 Å². The first-order chi connectivity index (χ1) is 22.6. The molecule has 0 aliphatic heterocycles. The van der Waals surface area contributed by atoms with Crippen LogP contribution in [-0.4, -0.2) is 47.8 Å². The predicted octanol–water partition coefficient (Wildman–Crippen LogP) is 6.97. The molecule has 0 fully saturated rings. The number of carbonyl (C=O) groups is 2. The molecule has 4 nitrogen and oxygen atoms in total. The third kappa shape index (κ3) is 7.71. The van der Waals surface area contributed by atoms with Gasteiger partial charge >= 0.3 is 280 Å². The standard InChI is InChI=1S/2C14H16F2NO.2C5H5.Ti/c2*1-3-8-17(11(2)18)9-4-5-12-6-7-13(15)10-14(12)16;2*1-2-4-5-3-1;/h2*3,6-7H,1,4-5,8-9H2,2H3;2*1-3H,4H2;. The number of carbonyl (C=O) groups excluding carboxylic acids is 2. The van der Waals surface area contributed by atoms with Crippen molar-refractivity contribution in [3.05, 3.63) is 128 Å². The number of rotatable bonds is 16. The van der Waals surface area contributed by atoms with E-state index in [1.165, 1.54) is 38.1 Å². The van der Waals surface area contributed by atoms with Gasteiger partial charge in [-0.2, -0.15) is 0 Å². The minimum absolute atomic E-state index is 0.138. The number of nitrogens with zero attached hydrogens (tertiary/aromatic N) is 2. The van der Waals surface area contributed by atoms with Crippen LogP contribution in [0, 0.1) is 23.3 Å². The van der Waals surface area contributed by atoms with Crippen LogP contribution >= 0.6 is 0 Å². The maximum atomic E-state index is 17.0. The predicted molar refractivity (Wildman–Crippen MR) is 177 cm³/mol. The molecule has 2 aromatic carbocycles. The Morgan fingerprint density at radius 1 is 0.723 bits per heavy atom. The van der Waals surface area contributed by atoms with Crippen molar-refractivity contribution in [1.82, 2.24) is 9.80 Å². The second-order valence-electron chi connectivity index (χ2n) is 11.9. The molecule has 0 bridgehead atoms. The van der Waals surface area contributed by atoms with E-state index >= 15 is 17.6 Å². The molecule has 47 heavy (non-hydrogen) atoms. The quantitative estimate of drug-likeness (QED) is 0.109. The van der Waals surface area contributed by atoms with Crippen LogP contribution in [0.3, 0.4) is 0 Å². The number of benzene rings is 2. The van der Waals surface area contributed by atoms with Crippen LogP contribution < -0.4 is 7.74 Å². The zero-order valence-corrected chi connectivity index (χ0v) is 28.7. The first-order valence-electron chi connectivity index (χ1n) is 16.0. The molecule has 0 saturated heterocycles. The van der Waals surface area contributed by atoms with Crippen LogP contribution in [-0.2, 0) is 39.0 Å². The number of hydrogen-bond acceptors (Lipinski definition) is 2.